The minimum Gasteiger partial charge on any atom is -0.310 e. The highest BCUT2D eigenvalue weighted by atomic mass is 32.1. The van der Waals surface area contributed by atoms with E-state index in [9.17, 15) is 0 Å². The third kappa shape index (κ3) is 2.56. The maximum absolute atomic E-state index is 4.44. The molecule has 3 rings (SSSR count). The van der Waals surface area contributed by atoms with Crippen molar-refractivity contribution in [2.75, 3.05) is 0 Å². The number of aromatic nitrogens is 3. The van der Waals surface area contributed by atoms with E-state index in [-0.39, 0.29) is 0 Å². The van der Waals surface area contributed by atoms with Crippen LogP contribution in [0.15, 0.2) is 17.9 Å². The topological polar surface area (TPSA) is 42.7 Å². The molecule has 5 heteroatoms. The minimum absolute atomic E-state index is 0.749. The van der Waals surface area contributed by atoms with Gasteiger partial charge in [-0.15, -0.1) is 11.3 Å². The maximum atomic E-state index is 4.44. The lowest BCUT2D eigenvalue weighted by atomic mass is 10.2. The fourth-order valence-corrected chi connectivity index (χ4v) is 2.40. The van der Waals surface area contributed by atoms with Gasteiger partial charge in [0.25, 0.3) is 0 Å². The standard InChI is InChI=1S/C12H16N4S/c1-9-10(4-14-11-2-3-11)5-15-16(9)7-12-6-13-8-17-12/h5-6,8,11,14H,2-4,7H2,1H3. The van der Waals surface area contributed by atoms with Crippen molar-refractivity contribution in [1.82, 2.24) is 20.1 Å². The van der Waals surface area contributed by atoms with Gasteiger partial charge in [0.05, 0.1) is 18.3 Å². The van der Waals surface area contributed by atoms with Gasteiger partial charge >= 0.3 is 0 Å². The molecule has 2 aromatic rings. The van der Waals surface area contributed by atoms with Crippen LogP contribution < -0.4 is 5.32 Å². The molecule has 1 saturated carbocycles. The third-order valence-corrected chi connectivity index (χ3v) is 3.92. The van der Waals surface area contributed by atoms with Crippen molar-refractivity contribution in [3.05, 3.63) is 34.0 Å². The SMILES string of the molecule is Cc1c(CNC2CC2)cnn1Cc1cncs1. The van der Waals surface area contributed by atoms with Crippen molar-refractivity contribution in [3.8, 4) is 0 Å². The van der Waals surface area contributed by atoms with Gasteiger partial charge in [0, 0.05) is 34.9 Å². The predicted octanol–water partition coefficient (Wildman–Crippen LogP) is 1.95. The first kappa shape index (κ1) is 10.9. The van der Waals surface area contributed by atoms with Gasteiger partial charge in [0.2, 0.25) is 0 Å². The highest BCUT2D eigenvalue weighted by Gasteiger charge is 2.20. The van der Waals surface area contributed by atoms with E-state index in [4.69, 9.17) is 0 Å². The molecular formula is C12H16N4S. The number of nitrogens with one attached hydrogen (secondary N) is 1. The van der Waals surface area contributed by atoms with E-state index in [1.165, 1.54) is 29.0 Å². The summed E-state index contributed by atoms with van der Waals surface area (Å²) in [6.07, 6.45) is 6.54. The molecule has 4 nitrogen and oxygen atoms in total. The molecule has 0 amide bonds. The fraction of sp³-hybridized carbons (Fsp3) is 0.500. The molecule has 0 unspecified atom stereocenters. The van der Waals surface area contributed by atoms with E-state index in [0.717, 1.165) is 19.1 Å². The normalized spacial score (nSPS) is 15.4. The van der Waals surface area contributed by atoms with Gasteiger partial charge in [-0.05, 0) is 19.8 Å². The van der Waals surface area contributed by atoms with Crippen molar-refractivity contribution in [2.24, 2.45) is 0 Å². The van der Waals surface area contributed by atoms with Gasteiger partial charge in [-0.2, -0.15) is 5.10 Å². The molecule has 0 atom stereocenters. The number of nitrogens with zero attached hydrogens (tertiary/aromatic N) is 3. The number of hydrogen-bond acceptors (Lipinski definition) is 4. The second-order valence-electron chi connectivity index (χ2n) is 4.54. The van der Waals surface area contributed by atoms with Gasteiger partial charge in [-0.3, -0.25) is 9.67 Å². The van der Waals surface area contributed by atoms with Crippen LogP contribution in [0.2, 0.25) is 0 Å². The lowest BCUT2D eigenvalue weighted by molar-refractivity contribution is 0.658. The molecule has 0 aromatic carbocycles. The molecule has 17 heavy (non-hydrogen) atoms. The second-order valence-corrected chi connectivity index (χ2v) is 5.51. The molecule has 2 aromatic heterocycles. The Morgan fingerprint density at radius 1 is 1.47 bits per heavy atom. The van der Waals surface area contributed by atoms with Crippen molar-refractivity contribution < 1.29 is 0 Å². The maximum Gasteiger partial charge on any atom is 0.0794 e. The fourth-order valence-electron chi connectivity index (χ4n) is 1.83. The van der Waals surface area contributed by atoms with E-state index in [0.29, 0.717) is 0 Å². The van der Waals surface area contributed by atoms with E-state index in [1.807, 2.05) is 17.9 Å². The van der Waals surface area contributed by atoms with Gasteiger partial charge in [0.15, 0.2) is 0 Å². The zero-order valence-electron chi connectivity index (χ0n) is 9.89. The van der Waals surface area contributed by atoms with Gasteiger partial charge < -0.3 is 5.32 Å². The summed E-state index contributed by atoms with van der Waals surface area (Å²) in [6, 6.07) is 0.749. The van der Waals surface area contributed by atoms with Crippen LogP contribution in [-0.2, 0) is 13.1 Å². The quantitative estimate of drug-likeness (QED) is 0.879. The zero-order chi connectivity index (χ0) is 11.7. The Kier molecular flexibility index (Phi) is 2.94. The van der Waals surface area contributed by atoms with E-state index in [1.54, 1.807) is 11.3 Å². The van der Waals surface area contributed by atoms with Crippen LogP contribution in [0.25, 0.3) is 0 Å². The van der Waals surface area contributed by atoms with Crippen molar-refractivity contribution >= 4 is 11.3 Å². The summed E-state index contributed by atoms with van der Waals surface area (Å²) in [7, 11) is 0. The van der Waals surface area contributed by atoms with Gasteiger partial charge in [0.1, 0.15) is 0 Å². The van der Waals surface area contributed by atoms with Crippen LogP contribution in [0.5, 0.6) is 0 Å². The number of thiazole rings is 1. The molecule has 0 radical (unpaired) electrons. The molecule has 1 N–H and O–H groups in total. The van der Waals surface area contributed by atoms with Crippen molar-refractivity contribution in [2.45, 2.75) is 38.9 Å². The van der Waals surface area contributed by atoms with Crippen molar-refractivity contribution in [1.29, 1.82) is 0 Å². The van der Waals surface area contributed by atoms with E-state index >= 15 is 0 Å². The number of rotatable bonds is 5. The van der Waals surface area contributed by atoms with Crippen LogP contribution in [0, 0.1) is 6.92 Å². The van der Waals surface area contributed by atoms with Crippen LogP contribution in [0.4, 0.5) is 0 Å². The monoisotopic (exact) mass is 248 g/mol. The highest BCUT2D eigenvalue weighted by molar-refractivity contribution is 7.09. The lowest BCUT2D eigenvalue weighted by Crippen LogP contribution is -2.15. The largest absolute Gasteiger partial charge is 0.310 e. The Labute approximate surface area is 105 Å². The Balaban J connectivity index is 1.68. The molecule has 90 valence electrons. The smallest absolute Gasteiger partial charge is 0.0794 e. The Hall–Kier alpha value is -1.20. The molecule has 0 bridgehead atoms. The Bertz CT molecular complexity index is 485. The molecule has 0 saturated heterocycles. The molecular weight excluding hydrogens is 232 g/mol. The lowest BCUT2D eigenvalue weighted by Gasteiger charge is -2.04. The molecule has 0 spiro atoms. The molecule has 1 aliphatic carbocycles. The van der Waals surface area contributed by atoms with E-state index < -0.39 is 0 Å². The van der Waals surface area contributed by atoms with Crippen LogP contribution in [0.1, 0.15) is 29.0 Å². The average molecular weight is 248 g/mol. The van der Waals surface area contributed by atoms with Crippen LogP contribution in [0.3, 0.4) is 0 Å². The first-order valence-electron chi connectivity index (χ1n) is 5.95. The van der Waals surface area contributed by atoms with Crippen LogP contribution >= 0.6 is 11.3 Å². The Morgan fingerprint density at radius 3 is 3.06 bits per heavy atom. The molecule has 2 heterocycles. The summed E-state index contributed by atoms with van der Waals surface area (Å²) in [5.41, 5.74) is 4.43. The van der Waals surface area contributed by atoms with Crippen molar-refractivity contribution in [3.63, 3.8) is 0 Å². The number of hydrogen-bond donors (Lipinski definition) is 1. The second kappa shape index (κ2) is 4.58. The highest BCUT2D eigenvalue weighted by Crippen LogP contribution is 2.20. The molecule has 0 aliphatic heterocycles. The molecule has 1 fully saturated rings. The summed E-state index contributed by atoms with van der Waals surface area (Å²) in [5, 5.41) is 7.97. The first-order valence-corrected chi connectivity index (χ1v) is 6.83. The molecule has 1 aliphatic rings. The summed E-state index contributed by atoms with van der Waals surface area (Å²) in [6.45, 7) is 3.91. The first-order chi connectivity index (χ1) is 8.33. The minimum atomic E-state index is 0.749. The Morgan fingerprint density at radius 2 is 2.35 bits per heavy atom. The van der Waals surface area contributed by atoms with Gasteiger partial charge in [-0.1, -0.05) is 0 Å². The average Bonchev–Trinajstić information content (AvgIpc) is 2.90. The van der Waals surface area contributed by atoms with Crippen LogP contribution in [-0.4, -0.2) is 20.8 Å². The van der Waals surface area contributed by atoms with E-state index in [2.05, 4.69) is 27.0 Å². The van der Waals surface area contributed by atoms with Gasteiger partial charge in [-0.25, -0.2) is 0 Å². The predicted molar refractivity (Wildman–Crippen MR) is 68.0 cm³/mol. The summed E-state index contributed by atoms with van der Waals surface area (Å²) < 4.78 is 2.05. The summed E-state index contributed by atoms with van der Waals surface area (Å²) >= 11 is 1.68. The third-order valence-electron chi connectivity index (χ3n) is 3.15. The zero-order valence-corrected chi connectivity index (χ0v) is 10.7. The summed E-state index contributed by atoms with van der Waals surface area (Å²) in [5.74, 6) is 0. The summed E-state index contributed by atoms with van der Waals surface area (Å²) in [4.78, 5) is 5.34.